The largest absolute Gasteiger partial charge is 0.353 e. The van der Waals surface area contributed by atoms with Crippen molar-refractivity contribution in [1.82, 2.24) is 24.5 Å². The Bertz CT molecular complexity index is 1100. The standard InChI is InChI=1S/C28H41N5O3S/c1-18(2)23-8-7-19(3)11-27(36)33-15-20-12-21(24(33)5-4-6-25(34)30-23)16-32(14-20)26(35)13-22-17-31-9-10-37-28(31)29-22/h9-10,17-21,23-24H,4-8,11-16H2,1-3H3,(H,30,34)/t19-,20+,21-,23+,24+/m1/s1. The topological polar surface area (TPSA) is 87.0 Å². The number of amides is 3. The van der Waals surface area contributed by atoms with Gasteiger partial charge < -0.3 is 15.1 Å². The fraction of sp³-hybridized carbons (Fsp3) is 0.714. The number of carbonyl (C=O) groups excluding carboxylic acids is 3. The van der Waals surface area contributed by atoms with Gasteiger partial charge in [0.2, 0.25) is 17.7 Å². The maximum atomic E-state index is 13.5. The van der Waals surface area contributed by atoms with Crippen LogP contribution in [0.5, 0.6) is 0 Å². The lowest BCUT2D eigenvalue weighted by molar-refractivity contribution is -0.146. The molecule has 0 aliphatic carbocycles. The number of thiazole rings is 1. The second kappa shape index (κ2) is 11.1. The Morgan fingerprint density at radius 2 is 2.03 bits per heavy atom. The first-order valence-corrected chi connectivity index (χ1v) is 14.9. The molecule has 0 unspecified atom stereocenters. The number of fused-ring (bicyclic) bond motifs is 5. The van der Waals surface area contributed by atoms with Crippen molar-refractivity contribution < 1.29 is 14.4 Å². The summed E-state index contributed by atoms with van der Waals surface area (Å²) in [4.78, 5) is 49.2. The van der Waals surface area contributed by atoms with Gasteiger partial charge in [-0.15, -0.1) is 11.3 Å². The summed E-state index contributed by atoms with van der Waals surface area (Å²) in [5.41, 5.74) is 0.811. The van der Waals surface area contributed by atoms with Gasteiger partial charge in [-0.3, -0.25) is 18.8 Å². The molecule has 5 atom stereocenters. The molecular formula is C28H41N5O3S. The molecular weight excluding hydrogens is 486 g/mol. The molecule has 3 saturated heterocycles. The van der Waals surface area contributed by atoms with Crippen LogP contribution in [0.15, 0.2) is 17.8 Å². The predicted molar refractivity (Wildman–Crippen MR) is 144 cm³/mol. The predicted octanol–water partition coefficient (Wildman–Crippen LogP) is 3.74. The van der Waals surface area contributed by atoms with E-state index >= 15 is 0 Å². The zero-order chi connectivity index (χ0) is 26.1. The van der Waals surface area contributed by atoms with E-state index in [1.165, 1.54) is 0 Å². The summed E-state index contributed by atoms with van der Waals surface area (Å²) in [5.74, 6) is 1.74. The first kappa shape index (κ1) is 26.2. The molecule has 0 aromatic carbocycles. The van der Waals surface area contributed by atoms with Crippen molar-refractivity contribution in [2.75, 3.05) is 19.6 Å². The molecule has 9 heteroatoms. The van der Waals surface area contributed by atoms with E-state index in [1.807, 2.05) is 27.1 Å². The summed E-state index contributed by atoms with van der Waals surface area (Å²) in [6.45, 7) is 8.59. The normalized spacial score (nSPS) is 29.9. The highest BCUT2D eigenvalue weighted by Gasteiger charge is 2.43. The van der Waals surface area contributed by atoms with Gasteiger partial charge in [0.1, 0.15) is 0 Å². The number of nitrogens with one attached hydrogen (secondary N) is 1. The highest BCUT2D eigenvalue weighted by molar-refractivity contribution is 7.15. The Labute approximate surface area is 223 Å². The number of hydrogen-bond donors (Lipinski definition) is 1. The first-order valence-electron chi connectivity index (χ1n) is 14.0. The van der Waals surface area contributed by atoms with E-state index in [9.17, 15) is 14.4 Å². The summed E-state index contributed by atoms with van der Waals surface area (Å²) in [5, 5.41) is 5.25. The zero-order valence-electron chi connectivity index (χ0n) is 22.4. The number of likely N-dealkylation sites (tertiary alicyclic amines) is 1. The average molecular weight is 528 g/mol. The maximum absolute atomic E-state index is 13.5. The smallest absolute Gasteiger partial charge is 0.228 e. The molecule has 37 heavy (non-hydrogen) atoms. The molecule has 1 N–H and O–H groups in total. The Morgan fingerprint density at radius 3 is 2.81 bits per heavy atom. The SMILES string of the molecule is CC(C)[C@@H]1CC[C@@H](C)CC(=O)N2C[C@H]3C[C@H](CN(C(=O)Cc4cn5ccsc5n4)C3)[C@@H]2CCCC(=O)N1. The molecule has 2 bridgehead atoms. The molecule has 202 valence electrons. The van der Waals surface area contributed by atoms with Crippen LogP contribution in [-0.4, -0.2) is 68.6 Å². The van der Waals surface area contributed by atoms with E-state index in [0.29, 0.717) is 44.2 Å². The van der Waals surface area contributed by atoms with Crippen LogP contribution >= 0.6 is 11.3 Å². The van der Waals surface area contributed by atoms with Gasteiger partial charge in [0.05, 0.1) is 12.1 Å². The molecule has 5 rings (SSSR count). The highest BCUT2D eigenvalue weighted by atomic mass is 32.1. The number of piperidine rings is 2. The zero-order valence-corrected chi connectivity index (χ0v) is 23.2. The molecule has 5 heterocycles. The molecule has 2 aromatic rings. The lowest BCUT2D eigenvalue weighted by Crippen LogP contribution is -2.60. The maximum Gasteiger partial charge on any atom is 0.228 e. The molecule has 0 spiro atoms. The van der Waals surface area contributed by atoms with Gasteiger partial charge in [0.25, 0.3) is 0 Å². The summed E-state index contributed by atoms with van der Waals surface area (Å²) in [6, 6.07) is 0.261. The van der Waals surface area contributed by atoms with Crippen LogP contribution in [0.3, 0.4) is 0 Å². The van der Waals surface area contributed by atoms with Crippen molar-refractivity contribution in [3.05, 3.63) is 23.5 Å². The number of nitrogens with zero attached hydrogens (tertiary/aromatic N) is 4. The fourth-order valence-corrected chi connectivity index (χ4v) is 7.36. The number of aromatic nitrogens is 2. The second-order valence-electron chi connectivity index (χ2n) is 12.0. The monoisotopic (exact) mass is 527 g/mol. The molecule has 3 amide bonds. The van der Waals surface area contributed by atoms with Gasteiger partial charge in [0, 0.05) is 62.3 Å². The molecule has 2 aromatic heterocycles. The third kappa shape index (κ3) is 6.02. The lowest BCUT2D eigenvalue weighted by Gasteiger charge is -2.51. The van der Waals surface area contributed by atoms with Crippen molar-refractivity contribution in [3.63, 3.8) is 0 Å². The quantitative estimate of drug-likeness (QED) is 0.659. The third-order valence-corrected chi connectivity index (χ3v) is 9.44. The average Bonchev–Trinajstić information content (AvgIpc) is 3.44. The number of hydrogen-bond acceptors (Lipinski definition) is 5. The van der Waals surface area contributed by atoms with Crippen molar-refractivity contribution in [2.45, 2.75) is 84.2 Å². The van der Waals surface area contributed by atoms with Gasteiger partial charge in [-0.25, -0.2) is 4.98 Å². The van der Waals surface area contributed by atoms with Gasteiger partial charge >= 0.3 is 0 Å². The van der Waals surface area contributed by atoms with E-state index in [2.05, 4.69) is 36.0 Å². The summed E-state index contributed by atoms with van der Waals surface area (Å²) < 4.78 is 1.97. The van der Waals surface area contributed by atoms with Gasteiger partial charge in [-0.05, 0) is 55.8 Å². The van der Waals surface area contributed by atoms with Crippen molar-refractivity contribution in [1.29, 1.82) is 0 Å². The Balaban J connectivity index is 1.28. The minimum atomic E-state index is 0.0962. The van der Waals surface area contributed by atoms with Crippen molar-refractivity contribution in [3.8, 4) is 0 Å². The molecule has 3 aliphatic heterocycles. The van der Waals surface area contributed by atoms with Crippen LogP contribution < -0.4 is 5.32 Å². The van der Waals surface area contributed by atoms with Gasteiger partial charge in [-0.1, -0.05) is 20.8 Å². The van der Waals surface area contributed by atoms with Crippen LogP contribution in [0, 0.1) is 23.7 Å². The lowest BCUT2D eigenvalue weighted by atomic mass is 9.77. The van der Waals surface area contributed by atoms with E-state index in [-0.39, 0.29) is 41.6 Å². The minimum absolute atomic E-state index is 0.0962. The Morgan fingerprint density at radius 1 is 1.19 bits per heavy atom. The van der Waals surface area contributed by atoms with Crippen LogP contribution in [0.2, 0.25) is 0 Å². The van der Waals surface area contributed by atoms with Crippen molar-refractivity contribution >= 4 is 34.0 Å². The van der Waals surface area contributed by atoms with Gasteiger partial charge in [-0.2, -0.15) is 0 Å². The molecule has 3 aliphatic rings. The second-order valence-corrected chi connectivity index (χ2v) is 12.8. The Kier molecular flexibility index (Phi) is 7.88. The number of imidazole rings is 1. The third-order valence-electron chi connectivity index (χ3n) is 8.67. The molecule has 0 radical (unpaired) electrons. The van der Waals surface area contributed by atoms with Crippen LogP contribution in [-0.2, 0) is 20.8 Å². The Hall–Kier alpha value is -2.42. The van der Waals surface area contributed by atoms with Crippen LogP contribution in [0.4, 0.5) is 0 Å². The summed E-state index contributed by atoms with van der Waals surface area (Å²) in [6.07, 6.45) is 9.77. The summed E-state index contributed by atoms with van der Waals surface area (Å²) >= 11 is 1.57. The summed E-state index contributed by atoms with van der Waals surface area (Å²) in [7, 11) is 0. The fourth-order valence-electron chi connectivity index (χ4n) is 6.64. The van der Waals surface area contributed by atoms with Crippen LogP contribution in [0.25, 0.3) is 4.96 Å². The van der Waals surface area contributed by atoms with E-state index in [1.54, 1.807) is 11.3 Å². The van der Waals surface area contributed by atoms with Crippen molar-refractivity contribution in [2.24, 2.45) is 23.7 Å². The highest BCUT2D eigenvalue weighted by Crippen LogP contribution is 2.37. The molecule has 0 saturated carbocycles. The first-order chi connectivity index (χ1) is 17.8. The number of rotatable bonds is 3. The molecule has 8 nitrogen and oxygen atoms in total. The van der Waals surface area contributed by atoms with E-state index < -0.39 is 0 Å². The van der Waals surface area contributed by atoms with E-state index in [4.69, 9.17) is 0 Å². The minimum Gasteiger partial charge on any atom is -0.353 e. The number of carbonyl (C=O) groups is 3. The molecule has 3 fully saturated rings. The van der Waals surface area contributed by atoms with E-state index in [0.717, 1.165) is 49.3 Å². The van der Waals surface area contributed by atoms with Crippen LogP contribution in [0.1, 0.15) is 71.4 Å². The van der Waals surface area contributed by atoms with Gasteiger partial charge in [0.15, 0.2) is 4.96 Å².